The Morgan fingerprint density at radius 3 is 2.58 bits per heavy atom. The molecule has 1 aromatic rings. The van der Waals surface area contributed by atoms with Gasteiger partial charge in [-0.05, 0) is 19.1 Å². The number of nitrogens with zero attached hydrogens (tertiary/aromatic N) is 1. The molecule has 0 fully saturated rings. The van der Waals surface area contributed by atoms with Crippen LogP contribution in [0.25, 0.3) is 0 Å². The Bertz CT molecular complexity index is 519. The average Bonchev–Trinajstić information content (AvgIpc) is 2.35. The molecule has 0 aromatic heterocycles. The van der Waals surface area contributed by atoms with Crippen LogP contribution in [0.15, 0.2) is 18.2 Å². The molecule has 8 heteroatoms. The van der Waals surface area contributed by atoms with Crippen LogP contribution in [0.2, 0.25) is 0 Å². The van der Waals surface area contributed by atoms with Gasteiger partial charge in [-0.3, -0.25) is 19.7 Å². The molecule has 0 aliphatic carbocycles. The molecule has 2 amide bonds. The van der Waals surface area contributed by atoms with Crippen LogP contribution in [0.1, 0.15) is 17.3 Å². The average molecular weight is 269 g/mol. The minimum atomic E-state index is -1.10. The molecule has 0 saturated carbocycles. The number of hydrogen-bond acceptors (Lipinski definition) is 4. The zero-order valence-electron chi connectivity index (χ0n) is 10.1. The highest BCUT2D eigenvalue weighted by Crippen LogP contribution is 2.17. The van der Waals surface area contributed by atoms with Gasteiger partial charge in [0.25, 0.3) is 5.91 Å². The molecule has 0 spiro atoms. The number of benzene rings is 1. The van der Waals surface area contributed by atoms with Gasteiger partial charge < -0.3 is 10.6 Å². The lowest BCUT2D eigenvalue weighted by molar-refractivity contribution is -0.387. The lowest BCUT2D eigenvalue weighted by Crippen LogP contribution is -2.36. The normalized spacial score (nSPS) is 9.79. The molecule has 102 valence electrons. The van der Waals surface area contributed by atoms with Crippen LogP contribution in [0.3, 0.4) is 0 Å². The standard InChI is InChI=1S/C11H12FN3O4/c1-2-13-10(16)6-14-11(17)7-3-4-9(15(18)19)8(12)5-7/h3-5H,2,6H2,1H3,(H,13,16)(H,14,17). The van der Waals surface area contributed by atoms with Crippen LogP contribution in [0.4, 0.5) is 10.1 Å². The summed E-state index contributed by atoms with van der Waals surface area (Å²) in [5, 5.41) is 15.1. The molecule has 1 aromatic carbocycles. The second-order valence-corrected chi connectivity index (χ2v) is 3.56. The fraction of sp³-hybridized carbons (Fsp3) is 0.273. The molecule has 0 aliphatic heterocycles. The maximum atomic E-state index is 13.3. The quantitative estimate of drug-likeness (QED) is 0.603. The Hall–Kier alpha value is -2.51. The first-order valence-electron chi connectivity index (χ1n) is 5.44. The van der Waals surface area contributed by atoms with Gasteiger partial charge >= 0.3 is 5.69 Å². The molecule has 0 saturated heterocycles. The van der Waals surface area contributed by atoms with Gasteiger partial charge in [-0.2, -0.15) is 4.39 Å². The summed E-state index contributed by atoms with van der Waals surface area (Å²) >= 11 is 0. The number of nitro groups is 1. The van der Waals surface area contributed by atoms with Gasteiger partial charge in [0.15, 0.2) is 0 Å². The number of halogens is 1. The van der Waals surface area contributed by atoms with Gasteiger partial charge in [-0.25, -0.2) is 0 Å². The summed E-state index contributed by atoms with van der Waals surface area (Å²) in [4.78, 5) is 32.2. The van der Waals surface area contributed by atoms with E-state index in [9.17, 15) is 24.1 Å². The van der Waals surface area contributed by atoms with E-state index in [0.29, 0.717) is 6.54 Å². The van der Waals surface area contributed by atoms with Crippen molar-refractivity contribution in [2.45, 2.75) is 6.92 Å². The first-order chi connectivity index (χ1) is 8.95. The molecule has 0 bridgehead atoms. The Morgan fingerprint density at radius 1 is 1.37 bits per heavy atom. The molecule has 0 heterocycles. The molecule has 0 aliphatic rings. The smallest absolute Gasteiger partial charge is 0.304 e. The van der Waals surface area contributed by atoms with Crippen molar-refractivity contribution in [3.05, 3.63) is 39.7 Å². The zero-order valence-corrected chi connectivity index (χ0v) is 10.1. The molecule has 2 N–H and O–H groups in total. The SMILES string of the molecule is CCNC(=O)CNC(=O)c1ccc([N+](=O)[O-])c(F)c1. The Kier molecular flexibility index (Phi) is 4.92. The maximum absolute atomic E-state index is 13.3. The van der Waals surface area contributed by atoms with Crippen molar-refractivity contribution < 1.29 is 18.9 Å². The lowest BCUT2D eigenvalue weighted by Gasteiger charge is -2.05. The summed E-state index contributed by atoms with van der Waals surface area (Å²) in [6, 6.07) is 2.77. The van der Waals surface area contributed by atoms with Crippen molar-refractivity contribution in [3.8, 4) is 0 Å². The van der Waals surface area contributed by atoms with Crippen LogP contribution in [-0.4, -0.2) is 29.8 Å². The number of nitro benzene ring substituents is 1. The first kappa shape index (κ1) is 14.6. The van der Waals surface area contributed by atoms with Gasteiger partial charge in [0.2, 0.25) is 11.7 Å². The molecule has 0 radical (unpaired) electrons. The van der Waals surface area contributed by atoms with Crippen molar-refractivity contribution in [2.24, 2.45) is 0 Å². The van der Waals surface area contributed by atoms with Gasteiger partial charge in [-0.1, -0.05) is 0 Å². The van der Waals surface area contributed by atoms with E-state index >= 15 is 0 Å². The Labute approximate surface area is 107 Å². The van der Waals surface area contributed by atoms with Crippen molar-refractivity contribution in [2.75, 3.05) is 13.1 Å². The van der Waals surface area contributed by atoms with E-state index < -0.39 is 22.3 Å². The monoisotopic (exact) mass is 269 g/mol. The Balaban J connectivity index is 2.70. The van der Waals surface area contributed by atoms with Gasteiger partial charge in [0.05, 0.1) is 11.5 Å². The number of nitrogens with one attached hydrogen (secondary N) is 2. The molecule has 7 nitrogen and oxygen atoms in total. The Morgan fingerprint density at radius 2 is 2.05 bits per heavy atom. The highest BCUT2D eigenvalue weighted by molar-refractivity contribution is 5.96. The van der Waals surface area contributed by atoms with Crippen molar-refractivity contribution >= 4 is 17.5 Å². The third-order valence-corrected chi connectivity index (χ3v) is 2.19. The van der Waals surface area contributed by atoms with Crippen LogP contribution in [-0.2, 0) is 4.79 Å². The minimum Gasteiger partial charge on any atom is -0.355 e. The van der Waals surface area contributed by atoms with Crippen LogP contribution < -0.4 is 10.6 Å². The second-order valence-electron chi connectivity index (χ2n) is 3.56. The fourth-order valence-corrected chi connectivity index (χ4v) is 1.32. The van der Waals surface area contributed by atoms with Crippen molar-refractivity contribution in [1.82, 2.24) is 10.6 Å². The molecule has 1 rings (SSSR count). The van der Waals surface area contributed by atoms with E-state index in [-0.39, 0.29) is 18.0 Å². The third kappa shape index (κ3) is 4.02. The molecule has 0 atom stereocenters. The number of likely N-dealkylation sites (N-methyl/N-ethyl adjacent to an activating group) is 1. The van der Waals surface area contributed by atoms with Crippen molar-refractivity contribution in [1.29, 1.82) is 0 Å². The second kappa shape index (κ2) is 6.43. The third-order valence-electron chi connectivity index (χ3n) is 2.19. The predicted molar refractivity (Wildman–Crippen MR) is 64.1 cm³/mol. The molecule has 19 heavy (non-hydrogen) atoms. The highest BCUT2D eigenvalue weighted by atomic mass is 19.1. The molecular formula is C11H12FN3O4. The van der Waals surface area contributed by atoms with E-state index in [0.717, 1.165) is 18.2 Å². The lowest BCUT2D eigenvalue weighted by atomic mass is 10.2. The number of carbonyl (C=O) groups excluding carboxylic acids is 2. The summed E-state index contributed by atoms with van der Waals surface area (Å²) in [6.45, 7) is 1.91. The van der Waals surface area contributed by atoms with Crippen LogP contribution in [0.5, 0.6) is 0 Å². The fourth-order valence-electron chi connectivity index (χ4n) is 1.32. The summed E-state index contributed by atoms with van der Waals surface area (Å²) in [5.74, 6) is -2.16. The summed E-state index contributed by atoms with van der Waals surface area (Å²) < 4.78 is 13.3. The van der Waals surface area contributed by atoms with Crippen LogP contribution >= 0.6 is 0 Å². The minimum absolute atomic E-state index is 0.0904. The molecular weight excluding hydrogens is 257 g/mol. The van der Waals surface area contributed by atoms with Gasteiger partial charge in [0.1, 0.15) is 0 Å². The van der Waals surface area contributed by atoms with E-state index in [1.54, 1.807) is 6.92 Å². The number of carbonyl (C=O) groups is 2. The zero-order chi connectivity index (χ0) is 14.4. The number of rotatable bonds is 5. The first-order valence-corrected chi connectivity index (χ1v) is 5.44. The van der Waals surface area contributed by atoms with Gasteiger partial charge in [-0.15, -0.1) is 0 Å². The topological polar surface area (TPSA) is 101 Å². The van der Waals surface area contributed by atoms with E-state index in [1.165, 1.54) is 0 Å². The van der Waals surface area contributed by atoms with Gasteiger partial charge in [0, 0.05) is 18.2 Å². The number of hydrogen-bond donors (Lipinski definition) is 2. The van der Waals surface area contributed by atoms with Crippen molar-refractivity contribution in [3.63, 3.8) is 0 Å². The van der Waals surface area contributed by atoms with E-state index in [4.69, 9.17) is 0 Å². The molecule has 0 unspecified atom stereocenters. The summed E-state index contributed by atoms with van der Waals surface area (Å²) in [6.07, 6.45) is 0. The van der Waals surface area contributed by atoms with E-state index in [2.05, 4.69) is 10.6 Å². The number of amides is 2. The largest absolute Gasteiger partial charge is 0.355 e. The maximum Gasteiger partial charge on any atom is 0.304 e. The van der Waals surface area contributed by atoms with Crippen LogP contribution in [0, 0.1) is 15.9 Å². The predicted octanol–water partition coefficient (Wildman–Crippen LogP) is 0.600. The summed E-state index contributed by atoms with van der Waals surface area (Å²) in [5.41, 5.74) is -0.798. The van der Waals surface area contributed by atoms with E-state index in [1.807, 2.05) is 0 Å². The summed E-state index contributed by atoms with van der Waals surface area (Å²) in [7, 11) is 0. The highest BCUT2D eigenvalue weighted by Gasteiger charge is 2.16.